The van der Waals surface area contributed by atoms with Crippen LogP contribution in [0.5, 0.6) is 0 Å². The molecule has 2 saturated heterocycles. The number of aromatic nitrogens is 1. The van der Waals surface area contributed by atoms with Crippen LogP contribution >= 0.6 is 11.3 Å². The molecule has 3 rings (SSSR count). The van der Waals surface area contributed by atoms with Gasteiger partial charge in [-0.25, -0.2) is 4.98 Å². The van der Waals surface area contributed by atoms with Gasteiger partial charge in [-0.3, -0.25) is 9.59 Å². The highest BCUT2D eigenvalue weighted by molar-refractivity contribution is 7.13. The van der Waals surface area contributed by atoms with Crippen molar-refractivity contribution in [1.29, 1.82) is 0 Å². The third-order valence-corrected chi connectivity index (χ3v) is 4.97. The van der Waals surface area contributed by atoms with Gasteiger partial charge in [0.15, 0.2) is 5.13 Å². The lowest BCUT2D eigenvalue weighted by atomic mass is 9.93. The molecule has 7 nitrogen and oxygen atoms in total. The normalized spacial score (nSPS) is 23.6. The van der Waals surface area contributed by atoms with Crippen molar-refractivity contribution in [3.63, 3.8) is 0 Å². The second-order valence-electron chi connectivity index (χ2n) is 5.93. The molecule has 2 aliphatic heterocycles. The molecule has 0 aromatic carbocycles. The number of thiazole rings is 1. The van der Waals surface area contributed by atoms with Gasteiger partial charge < -0.3 is 20.3 Å². The number of hydrogen-bond acceptors (Lipinski definition) is 6. The van der Waals surface area contributed by atoms with Crippen molar-refractivity contribution < 1.29 is 14.3 Å². The van der Waals surface area contributed by atoms with E-state index in [2.05, 4.69) is 15.6 Å². The first kappa shape index (κ1) is 16.4. The number of ether oxygens (including phenoxy) is 1. The monoisotopic (exact) mass is 338 g/mol. The maximum absolute atomic E-state index is 12.7. The van der Waals surface area contributed by atoms with Gasteiger partial charge >= 0.3 is 0 Å². The molecule has 0 radical (unpaired) electrons. The molecule has 2 atom stereocenters. The van der Waals surface area contributed by atoms with E-state index in [0.717, 1.165) is 19.4 Å². The number of rotatable bonds is 5. The van der Waals surface area contributed by atoms with Gasteiger partial charge in [-0.1, -0.05) is 0 Å². The summed E-state index contributed by atoms with van der Waals surface area (Å²) in [7, 11) is 0. The van der Waals surface area contributed by atoms with Crippen LogP contribution in [0.4, 0.5) is 5.13 Å². The number of anilines is 1. The molecule has 2 unspecified atom stereocenters. The summed E-state index contributed by atoms with van der Waals surface area (Å²) < 4.78 is 5.52. The first-order valence-corrected chi connectivity index (χ1v) is 8.90. The van der Waals surface area contributed by atoms with Crippen LogP contribution in [-0.2, 0) is 14.3 Å². The molecule has 0 saturated carbocycles. The summed E-state index contributed by atoms with van der Waals surface area (Å²) in [6.07, 6.45) is 4.35. The molecule has 2 aliphatic rings. The smallest absolute Gasteiger partial charge is 0.248 e. The summed E-state index contributed by atoms with van der Waals surface area (Å²) in [4.78, 5) is 30.8. The Labute approximate surface area is 139 Å². The molecule has 8 heteroatoms. The lowest BCUT2D eigenvalue weighted by molar-refractivity contribution is -0.140. The second-order valence-corrected chi connectivity index (χ2v) is 6.82. The van der Waals surface area contributed by atoms with Crippen LogP contribution < -0.4 is 10.6 Å². The Morgan fingerprint density at radius 1 is 1.61 bits per heavy atom. The third-order valence-electron chi connectivity index (χ3n) is 4.28. The Kier molecular flexibility index (Phi) is 5.58. The first-order chi connectivity index (χ1) is 11.2. The quantitative estimate of drug-likeness (QED) is 0.826. The fourth-order valence-electron chi connectivity index (χ4n) is 3.11. The van der Waals surface area contributed by atoms with E-state index in [0.29, 0.717) is 43.7 Å². The molecular formula is C15H22N4O3S. The van der Waals surface area contributed by atoms with E-state index in [1.807, 2.05) is 5.38 Å². The summed E-state index contributed by atoms with van der Waals surface area (Å²) >= 11 is 1.38. The summed E-state index contributed by atoms with van der Waals surface area (Å²) in [5.74, 6) is 0.145. The summed E-state index contributed by atoms with van der Waals surface area (Å²) in [5.41, 5.74) is 0. The molecule has 3 heterocycles. The molecule has 126 valence electrons. The Morgan fingerprint density at radius 2 is 2.52 bits per heavy atom. The van der Waals surface area contributed by atoms with E-state index in [-0.39, 0.29) is 11.8 Å². The van der Waals surface area contributed by atoms with Crippen molar-refractivity contribution in [2.75, 3.05) is 38.2 Å². The van der Waals surface area contributed by atoms with Crippen molar-refractivity contribution in [3.05, 3.63) is 11.6 Å². The maximum Gasteiger partial charge on any atom is 0.248 e. The number of piperazine rings is 1. The zero-order valence-corrected chi connectivity index (χ0v) is 13.8. The van der Waals surface area contributed by atoms with E-state index in [4.69, 9.17) is 4.74 Å². The number of carbonyl (C=O) groups excluding carboxylic acids is 2. The Balaban J connectivity index is 1.71. The van der Waals surface area contributed by atoms with Crippen LogP contribution in [-0.4, -0.2) is 60.6 Å². The highest BCUT2D eigenvalue weighted by Crippen LogP contribution is 2.23. The minimum atomic E-state index is -0.458. The molecule has 2 fully saturated rings. The summed E-state index contributed by atoms with van der Waals surface area (Å²) in [5, 5.41) is 8.28. The second kappa shape index (κ2) is 7.85. The van der Waals surface area contributed by atoms with Crippen LogP contribution in [0.3, 0.4) is 0 Å². The molecule has 0 bridgehead atoms. The lowest BCUT2D eigenvalue weighted by Crippen LogP contribution is -2.56. The van der Waals surface area contributed by atoms with Crippen molar-refractivity contribution in [2.45, 2.75) is 25.3 Å². The van der Waals surface area contributed by atoms with E-state index < -0.39 is 6.04 Å². The number of hydrogen-bond donors (Lipinski definition) is 2. The van der Waals surface area contributed by atoms with Gasteiger partial charge in [-0.05, 0) is 25.2 Å². The molecular weight excluding hydrogens is 316 g/mol. The first-order valence-electron chi connectivity index (χ1n) is 8.02. The van der Waals surface area contributed by atoms with Crippen LogP contribution in [0.2, 0.25) is 0 Å². The molecule has 1 aromatic rings. The van der Waals surface area contributed by atoms with E-state index in [9.17, 15) is 9.59 Å². The number of nitrogens with one attached hydrogen (secondary N) is 2. The number of carbonyl (C=O) groups is 2. The zero-order valence-electron chi connectivity index (χ0n) is 13.0. The van der Waals surface area contributed by atoms with E-state index >= 15 is 0 Å². The maximum atomic E-state index is 12.7. The van der Waals surface area contributed by atoms with Gasteiger partial charge in [0.05, 0.1) is 6.54 Å². The fraction of sp³-hybridized carbons (Fsp3) is 0.667. The average molecular weight is 338 g/mol. The Bertz CT molecular complexity index is 531. The predicted molar refractivity (Wildman–Crippen MR) is 87.3 cm³/mol. The van der Waals surface area contributed by atoms with Crippen molar-refractivity contribution >= 4 is 28.3 Å². The Hall–Kier alpha value is -1.51. The molecule has 0 aliphatic carbocycles. The van der Waals surface area contributed by atoms with Crippen molar-refractivity contribution in [3.8, 4) is 0 Å². The largest absolute Gasteiger partial charge is 0.381 e. The number of amides is 2. The lowest BCUT2D eigenvalue weighted by Gasteiger charge is -2.36. The summed E-state index contributed by atoms with van der Waals surface area (Å²) in [6.45, 7) is 3.03. The van der Waals surface area contributed by atoms with Gasteiger partial charge in [0.25, 0.3) is 0 Å². The van der Waals surface area contributed by atoms with Crippen LogP contribution in [0, 0.1) is 5.92 Å². The summed E-state index contributed by atoms with van der Waals surface area (Å²) in [6, 6.07) is -0.458. The topological polar surface area (TPSA) is 83.6 Å². The van der Waals surface area contributed by atoms with E-state index in [1.54, 1.807) is 11.1 Å². The highest BCUT2D eigenvalue weighted by atomic mass is 32.1. The minimum absolute atomic E-state index is 0.0210. The third kappa shape index (κ3) is 4.27. The molecule has 1 aromatic heterocycles. The van der Waals surface area contributed by atoms with E-state index in [1.165, 1.54) is 11.3 Å². The molecule has 2 amide bonds. The average Bonchev–Trinajstić information content (AvgIpc) is 3.07. The standard InChI is InChI=1S/C15H22N4O3S/c20-13-9-16-3-5-19(13)12(8-11-2-1-6-22-10-11)14(21)18-15-17-4-7-23-15/h4,7,11-12,16H,1-3,5-6,8-10H2,(H,17,18,21). The number of nitrogens with zero attached hydrogens (tertiary/aromatic N) is 2. The van der Waals surface area contributed by atoms with Crippen molar-refractivity contribution in [2.24, 2.45) is 5.92 Å². The van der Waals surface area contributed by atoms with Gasteiger partial charge in [0.1, 0.15) is 6.04 Å². The minimum Gasteiger partial charge on any atom is -0.381 e. The van der Waals surface area contributed by atoms with Gasteiger partial charge in [-0.15, -0.1) is 11.3 Å². The fourth-order valence-corrected chi connectivity index (χ4v) is 3.64. The predicted octanol–water partition coefficient (Wildman–Crippen LogP) is 0.699. The molecule has 0 spiro atoms. The van der Waals surface area contributed by atoms with Gasteiger partial charge in [-0.2, -0.15) is 0 Å². The van der Waals surface area contributed by atoms with Crippen LogP contribution in [0.15, 0.2) is 11.6 Å². The van der Waals surface area contributed by atoms with Crippen molar-refractivity contribution in [1.82, 2.24) is 15.2 Å². The van der Waals surface area contributed by atoms with Gasteiger partial charge in [0.2, 0.25) is 11.8 Å². The highest BCUT2D eigenvalue weighted by Gasteiger charge is 2.34. The molecule has 2 N–H and O–H groups in total. The van der Waals surface area contributed by atoms with Gasteiger partial charge in [0, 0.05) is 37.9 Å². The SMILES string of the molecule is O=C(Nc1nccs1)C(CC1CCCOC1)N1CCNCC1=O. The molecule has 23 heavy (non-hydrogen) atoms. The van der Waals surface area contributed by atoms with Crippen LogP contribution in [0.1, 0.15) is 19.3 Å². The van der Waals surface area contributed by atoms with Crippen LogP contribution in [0.25, 0.3) is 0 Å². The Morgan fingerprint density at radius 3 is 3.22 bits per heavy atom. The zero-order chi connectivity index (χ0) is 16.1.